The van der Waals surface area contributed by atoms with Gasteiger partial charge in [-0.1, -0.05) is 6.07 Å². The maximum absolute atomic E-state index is 13.3. The smallest absolute Gasteiger partial charge is 0.306 e. The summed E-state index contributed by atoms with van der Waals surface area (Å²) in [6, 6.07) is 4.99. The molecule has 0 N–H and O–H groups in total. The zero-order valence-electron chi connectivity index (χ0n) is 13.4. The number of benzene rings is 1. The molecule has 2 rings (SSSR count). The van der Waals surface area contributed by atoms with E-state index >= 15 is 0 Å². The van der Waals surface area contributed by atoms with Gasteiger partial charge in [0.05, 0.1) is 11.0 Å². The van der Waals surface area contributed by atoms with Crippen molar-refractivity contribution >= 4 is 16.0 Å². The molecule has 0 saturated carbocycles. The Morgan fingerprint density at radius 3 is 2.83 bits per heavy atom. The van der Waals surface area contributed by atoms with E-state index in [0.717, 1.165) is 12.5 Å². The second kappa shape index (κ2) is 7.40. The number of hydrogen-bond donors (Lipinski definition) is 0. The fraction of sp³-hybridized carbons (Fsp3) is 0.562. The van der Waals surface area contributed by atoms with E-state index < -0.39 is 15.8 Å². The van der Waals surface area contributed by atoms with Crippen LogP contribution in [0.25, 0.3) is 0 Å². The highest BCUT2D eigenvalue weighted by Crippen LogP contribution is 2.26. The Hall–Kier alpha value is -1.47. The number of nitrogens with zero attached hydrogens (tertiary/aromatic N) is 1. The molecule has 1 fully saturated rings. The summed E-state index contributed by atoms with van der Waals surface area (Å²) in [5.41, 5.74) is 0. The lowest BCUT2D eigenvalue weighted by Gasteiger charge is -2.31. The molecule has 128 valence electrons. The van der Waals surface area contributed by atoms with Gasteiger partial charge in [-0.05, 0) is 50.8 Å². The Bertz CT molecular complexity index is 660. The summed E-state index contributed by atoms with van der Waals surface area (Å²) in [6.45, 7) is 4.19. The van der Waals surface area contributed by atoms with Crippen LogP contribution in [0.2, 0.25) is 0 Å². The standard InChI is InChI=1S/C16H22FNO4S/c1-12(2)22-16(19)9-13-5-4-8-18(11-13)23(20,21)15-7-3-6-14(17)10-15/h3,6-7,10,12-13H,4-5,8-9,11H2,1-2H3/t13-/m1/s1. The molecule has 0 unspecified atom stereocenters. The third-order valence-corrected chi connectivity index (χ3v) is 5.60. The number of carbonyl (C=O) groups excluding carboxylic acids is 1. The number of piperidine rings is 1. The van der Waals surface area contributed by atoms with E-state index in [0.29, 0.717) is 13.0 Å². The summed E-state index contributed by atoms with van der Waals surface area (Å²) >= 11 is 0. The van der Waals surface area contributed by atoms with Gasteiger partial charge in [0.15, 0.2) is 0 Å². The second-order valence-corrected chi connectivity index (χ2v) is 8.01. The number of halogens is 1. The molecule has 0 bridgehead atoms. The van der Waals surface area contributed by atoms with Crippen molar-refractivity contribution in [1.82, 2.24) is 4.31 Å². The Balaban J connectivity index is 2.07. The predicted octanol–water partition coefficient (Wildman–Crippen LogP) is 2.57. The third-order valence-electron chi connectivity index (χ3n) is 3.74. The first-order valence-corrected chi connectivity index (χ1v) is 9.18. The Morgan fingerprint density at radius 2 is 2.17 bits per heavy atom. The van der Waals surface area contributed by atoms with E-state index in [1.54, 1.807) is 13.8 Å². The van der Waals surface area contributed by atoms with Crippen LogP contribution in [0.5, 0.6) is 0 Å². The number of esters is 1. The van der Waals surface area contributed by atoms with E-state index in [-0.39, 0.29) is 35.9 Å². The highest BCUT2D eigenvalue weighted by Gasteiger charge is 2.31. The quantitative estimate of drug-likeness (QED) is 0.771. The van der Waals surface area contributed by atoms with E-state index in [9.17, 15) is 17.6 Å². The highest BCUT2D eigenvalue weighted by atomic mass is 32.2. The molecule has 0 radical (unpaired) electrons. The molecule has 5 nitrogen and oxygen atoms in total. The average molecular weight is 343 g/mol. The van der Waals surface area contributed by atoms with Crippen LogP contribution in [-0.4, -0.2) is 37.9 Å². The van der Waals surface area contributed by atoms with Crippen molar-refractivity contribution < 1.29 is 22.3 Å². The van der Waals surface area contributed by atoms with Crippen molar-refractivity contribution in [3.05, 3.63) is 30.1 Å². The normalized spacial score (nSPS) is 19.7. The van der Waals surface area contributed by atoms with Gasteiger partial charge in [0.2, 0.25) is 10.0 Å². The SMILES string of the molecule is CC(C)OC(=O)C[C@H]1CCCN(S(=O)(=O)c2cccc(F)c2)C1. The number of sulfonamides is 1. The van der Waals surface area contributed by atoms with Crippen molar-refractivity contribution in [2.75, 3.05) is 13.1 Å². The van der Waals surface area contributed by atoms with Gasteiger partial charge in [0.25, 0.3) is 0 Å². The Labute approximate surface area is 136 Å². The molecule has 1 saturated heterocycles. The molecule has 0 spiro atoms. The monoisotopic (exact) mass is 343 g/mol. The molecule has 1 aromatic carbocycles. The number of carbonyl (C=O) groups is 1. The molecule has 0 aliphatic carbocycles. The van der Waals surface area contributed by atoms with Crippen molar-refractivity contribution in [3.63, 3.8) is 0 Å². The van der Waals surface area contributed by atoms with Gasteiger partial charge in [-0.15, -0.1) is 0 Å². The summed E-state index contributed by atoms with van der Waals surface area (Å²) in [5.74, 6) is -0.964. The van der Waals surface area contributed by atoms with Crippen LogP contribution in [-0.2, 0) is 19.6 Å². The summed E-state index contributed by atoms with van der Waals surface area (Å²) in [5, 5.41) is 0. The number of hydrogen-bond acceptors (Lipinski definition) is 4. The van der Waals surface area contributed by atoms with Gasteiger partial charge in [-0.2, -0.15) is 4.31 Å². The van der Waals surface area contributed by atoms with Crippen LogP contribution >= 0.6 is 0 Å². The summed E-state index contributed by atoms with van der Waals surface area (Å²) < 4.78 is 44.9. The average Bonchev–Trinajstić information content (AvgIpc) is 2.46. The lowest BCUT2D eigenvalue weighted by molar-refractivity contribution is -0.148. The van der Waals surface area contributed by atoms with E-state index in [1.165, 1.54) is 22.5 Å². The molecule has 1 heterocycles. The van der Waals surface area contributed by atoms with Crippen molar-refractivity contribution in [3.8, 4) is 0 Å². The first kappa shape index (κ1) is 17.9. The molecule has 1 atom stereocenters. The van der Waals surface area contributed by atoms with Crippen molar-refractivity contribution in [2.45, 2.75) is 44.1 Å². The first-order chi connectivity index (χ1) is 10.8. The minimum atomic E-state index is -3.74. The maximum Gasteiger partial charge on any atom is 0.306 e. The minimum Gasteiger partial charge on any atom is -0.463 e. The van der Waals surface area contributed by atoms with Crippen molar-refractivity contribution in [2.24, 2.45) is 5.92 Å². The lowest BCUT2D eigenvalue weighted by atomic mass is 9.96. The summed E-state index contributed by atoms with van der Waals surface area (Å²) in [6.07, 6.45) is 1.47. The van der Waals surface area contributed by atoms with Crippen LogP contribution in [0.4, 0.5) is 4.39 Å². The molecule has 7 heteroatoms. The lowest BCUT2D eigenvalue weighted by Crippen LogP contribution is -2.40. The Morgan fingerprint density at radius 1 is 1.43 bits per heavy atom. The molecule has 1 aliphatic heterocycles. The van der Waals surface area contributed by atoms with Gasteiger partial charge >= 0.3 is 5.97 Å². The van der Waals surface area contributed by atoms with Crippen LogP contribution in [0.1, 0.15) is 33.1 Å². The summed E-state index contributed by atoms with van der Waals surface area (Å²) in [7, 11) is -3.74. The second-order valence-electron chi connectivity index (χ2n) is 6.07. The van der Waals surface area contributed by atoms with Gasteiger partial charge in [-0.25, -0.2) is 12.8 Å². The van der Waals surface area contributed by atoms with Crippen molar-refractivity contribution in [1.29, 1.82) is 0 Å². The van der Waals surface area contributed by atoms with Gasteiger partial charge in [0.1, 0.15) is 5.82 Å². The number of ether oxygens (including phenoxy) is 1. The Kier molecular flexibility index (Phi) is 5.75. The van der Waals surface area contributed by atoms with E-state index in [1.807, 2.05) is 0 Å². The third kappa shape index (κ3) is 4.75. The van der Waals surface area contributed by atoms with Gasteiger partial charge in [-0.3, -0.25) is 4.79 Å². The van der Waals surface area contributed by atoms with E-state index in [4.69, 9.17) is 4.74 Å². The molecule has 0 amide bonds. The molecule has 1 aromatic rings. The molecule has 0 aromatic heterocycles. The zero-order chi connectivity index (χ0) is 17.0. The number of rotatable bonds is 5. The fourth-order valence-corrected chi connectivity index (χ4v) is 4.32. The maximum atomic E-state index is 13.3. The summed E-state index contributed by atoms with van der Waals surface area (Å²) in [4.78, 5) is 11.7. The molecular formula is C16H22FNO4S. The largest absolute Gasteiger partial charge is 0.463 e. The van der Waals surface area contributed by atoms with Gasteiger partial charge in [0, 0.05) is 19.5 Å². The minimum absolute atomic E-state index is 0.0529. The van der Waals surface area contributed by atoms with Gasteiger partial charge < -0.3 is 4.74 Å². The predicted molar refractivity (Wildman–Crippen MR) is 83.7 cm³/mol. The molecular weight excluding hydrogens is 321 g/mol. The van der Waals surface area contributed by atoms with Crippen LogP contribution in [0, 0.1) is 11.7 Å². The highest BCUT2D eigenvalue weighted by molar-refractivity contribution is 7.89. The van der Waals surface area contributed by atoms with Crippen LogP contribution in [0.15, 0.2) is 29.2 Å². The fourth-order valence-electron chi connectivity index (χ4n) is 2.74. The zero-order valence-corrected chi connectivity index (χ0v) is 14.2. The molecule has 1 aliphatic rings. The first-order valence-electron chi connectivity index (χ1n) is 7.74. The topological polar surface area (TPSA) is 63.7 Å². The van der Waals surface area contributed by atoms with E-state index in [2.05, 4.69) is 0 Å². The van der Waals surface area contributed by atoms with Crippen LogP contribution in [0.3, 0.4) is 0 Å². The van der Waals surface area contributed by atoms with Crippen LogP contribution < -0.4 is 0 Å². The molecule has 23 heavy (non-hydrogen) atoms.